The van der Waals surface area contributed by atoms with Crippen LogP contribution in [0.1, 0.15) is 12.0 Å². The molecule has 1 N–H and O–H groups in total. The van der Waals surface area contributed by atoms with E-state index in [-0.39, 0.29) is 11.2 Å². The molecular formula is C13H12ClN3OS. The fourth-order valence-corrected chi connectivity index (χ4v) is 2.59. The van der Waals surface area contributed by atoms with Crippen molar-refractivity contribution in [3.63, 3.8) is 0 Å². The monoisotopic (exact) mass is 293 g/mol. The van der Waals surface area contributed by atoms with Crippen molar-refractivity contribution >= 4 is 40.7 Å². The third-order valence-electron chi connectivity index (χ3n) is 2.41. The van der Waals surface area contributed by atoms with Crippen molar-refractivity contribution in [2.45, 2.75) is 11.7 Å². The normalized spacial score (nSPS) is 21.0. The summed E-state index contributed by atoms with van der Waals surface area (Å²) < 4.78 is 0. The van der Waals surface area contributed by atoms with Crippen LogP contribution in [0.3, 0.4) is 0 Å². The van der Waals surface area contributed by atoms with Crippen molar-refractivity contribution in [2.24, 2.45) is 10.2 Å². The number of benzene rings is 1. The molecule has 1 atom stereocenters. The first-order valence-corrected chi connectivity index (χ1v) is 6.90. The maximum absolute atomic E-state index is 11.5. The molecule has 98 valence electrons. The van der Waals surface area contributed by atoms with Gasteiger partial charge in [0.25, 0.3) is 0 Å². The fourth-order valence-electron chi connectivity index (χ4n) is 1.48. The molecule has 1 heterocycles. The summed E-state index contributed by atoms with van der Waals surface area (Å²) in [5.74, 6) is -0.0587. The summed E-state index contributed by atoms with van der Waals surface area (Å²) in [5.41, 5.74) is 0.783. The SMILES string of the molecule is C=CC[C@@H]1S/C(=N/N=C/c2ccccc2Cl)NC1=O. The van der Waals surface area contributed by atoms with Gasteiger partial charge in [-0.05, 0) is 12.5 Å². The van der Waals surface area contributed by atoms with Crippen LogP contribution in [-0.2, 0) is 4.79 Å². The number of hydrogen-bond donors (Lipinski definition) is 1. The quantitative estimate of drug-likeness (QED) is 0.527. The molecule has 1 saturated heterocycles. The molecule has 0 bridgehead atoms. The van der Waals surface area contributed by atoms with Gasteiger partial charge >= 0.3 is 0 Å². The first kappa shape index (κ1) is 13.8. The fraction of sp³-hybridized carbons (Fsp3) is 0.154. The van der Waals surface area contributed by atoms with E-state index in [1.807, 2.05) is 18.2 Å². The highest BCUT2D eigenvalue weighted by Crippen LogP contribution is 2.22. The summed E-state index contributed by atoms with van der Waals surface area (Å²) in [5, 5.41) is 11.5. The van der Waals surface area contributed by atoms with Crippen LogP contribution in [-0.4, -0.2) is 22.5 Å². The number of nitrogens with zero attached hydrogens (tertiary/aromatic N) is 2. The second-order valence-electron chi connectivity index (χ2n) is 3.79. The molecule has 1 aromatic rings. The molecule has 0 aromatic heterocycles. The minimum absolute atomic E-state index is 0.0587. The highest BCUT2D eigenvalue weighted by atomic mass is 35.5. The van der Waals surface area contributed by atoms with Crippen molar-refractivity contribution < 1.29 is 4.79 Å². The molecule has 2 rings (SSSR count). The Morgan fingerprint density at radius 1 is 1.47 bits per heavy atom. The molecule has 1 aromatic carbocycles. The van der Waals surface area contributed by atoms with Gasteiger partial charge in [-0.15, -0.1) is 11.7 Å². The van der Waals surface area contributed by atoms with E-state index in [9.17, 15) is 4.79 Å². The summed E-state index contributed by atoms with van der Waals surface area (Å²) >= 11 is 7.34. The van der Waals surface area contributed by atoms with Gasteiger partial charge in [0.2, 0.25) is 5.91 Å². The highest BCUT2D eigenvalue weighted by Gasteiger charge is 2.28. The van der Waals surface area contributed by atoms with Crippen LogP contribution >= 0.6 is 23.4 Å². The zero-order valence-electron chi connectivity index (χ0n) is 10.0. The summed E-state index contributed by atoms with van der Waals surface area (Å²) in [6, 6.07) is 7.33. The van der Waals surface area contributed by atoms with E-state index in [4.69, 9.17) is 11.6 Å². The molecule has 0 aliphatic carbocycles. The summed E-state index contributed by atoms with van der Waals surface area (Å²) in [7, 11) is 0. The van der Waals surface area contributed by atoms with E-state index >= 15 is 0 Å². The van der Waals surface area contributed by atoms with Crippen LogP contribution in [0, 0.1) is 0 Å². The summed E-state index contributed by atoms with van der Waals surface area (Å²) in [4.78, 5) is 11.5. The third-order valence-corrected chi connectivity index (χ3v) is 3.85. The Morgan fingerprint density at radius 3 is 3.00 bits per heavy atom. The van der Waals surface area contributed by atoms with Crippen molar-refractivity contribution in [2.75, 3.05) is 0 Å². The smallest absolute Gasteiger partial charge is 0.239 e. The van der Waals surface area contributed by atoms with Gasteiger partial charge in [0.15, 0.2) is 5.17 Å². The Balaban J connectivity index is 2.02. The Labute approximate surface area is 120 Å². The van der Waals surface area contributed by atoms with Gasteiger partial charge in [0, 0.05) is 10.6 Å². The van der Waals surface area contributed by atoms with Crippen LogP contribution < -0.4 is 5.32 Å². The van der Waals surface area contributed by atoms with Crippen LogP contribution in [0.4, 0.5) is 0 Å². The first-order valence-electron chi connectivity index (χ1n) is 5.64. The van der Waals surface area contributed by atoms with Crippen LogP contribution in [0.2, 0.25) is 5.02 Å². The minimum atomic E-state index is -0.160. The van der Waals surface area contributed by atoms with Gasteiger partial charge in [0.1, 0.15) is 0 Å². The number of carbonyl (C=O) groups excluding carboxylic acids is 1. The van der Waals surface area contributed by atoms with Gasteiger partial charge in [-0.25, -0.2) is 0 Å². The third kappa shape index (κ3) is 3.68. The maximum Gasteiger partial charge on any atom is 0.239 e. The zero-order valence-corrected chi connectivity index (χ0v) is 11.6. The molecule has 1 aliphatic heterocycles. The largest absolute Gasteiger partial charge is 0.303 e. The molecule has 6 heteroatoms. The number of halogens is 1. The predicted molar refractivity (Wildman–Crippen MR) is 80.8 cm³/mol. The first-order chi connectivity index (χ1) is 9.20. The Bertz CT molecular complexity index is 557. The molecule has 1 fully saturated rings. The van der Waals surface area contributed by atoms with E-state index in [1.54, 1.807) is 18.4 Å². The Hall–Kier alpha value is -1.59. The zero-order chi connectivity index (χ0) is 13.7. The topological polar surface area (TPSA) is 53.8 Å². The molecule has 19 heavy (non-hydrogen) atoms. The number of nitrogens with one attached hydrogen (secondary N) is 1. The minimum Gasteiger partial charge on any atom is -0.303 e. The van der Waals surface area contributed by atoms with Gasteiger partial charge < -0.3 is 5.32 Å². The van der Waals surface area contributed by atoms with Gasteiger partial charge in [-0.2, -0.15) is 5.10 Å². The lowest BCUT2D eigenvalue weighted by molar-refractivity contribution is -0.118. The van der Waals surface area contributed by atoms with E-state index in [0.717, 1.165) is 5.56 Å². The van der Waals surface area contributed by atoms with E-state index < -0.39 is 0 Å². The average Bonchev–Trinajstić information content (AvgIpc) is 2.73. The van der Waals surface area contributed by atoms with Gasteiger partial charge in [-0.1, -0.05) is 47.6 Å². The van der Waals surface area contributed by atoms with Crippen molar-refractivity contribution in [3.8, 4) is 0 Å². The average molecular weight is 294 g/mol. The lowest BCUT2D eigenvalue weighted by Crippen LogP contribution is -2.24. The number of thioether (sulfide) groups is 1. The van der Waals surface area contributed by atoms with Crippen LogP contribution in [0.15, 0.2) is 47.1 Å². The lowest BCUT2D eigenvalue weighted by Gasteiger charge is -1.97. The van der Waals surface area contributed by atoms with Gasteiger partial charge in [0.05, 0.1) is 11.5 Å². The number of hydrogen-bond acceptors (Lipinski definition) is 4. The van der Waals surface area contributed by atoms with E-state index in [0.29, 0.717) is 16.6 Å². The number of carbonyl (C=O) groups is 1. The van der Waals surface area contributed by atoms with Crippen molar-refractivity contribution in [3.05, 3.63) is 47.5 Å². The van der Waals surface area contributed by atoms with E-state index in [2.05, 4.69) is 22.1 Å². The molecule has 0 unspecified atom stereocenters. The summed E-state index contributed by atoms with van der Waals surface area (Å²) in [6.07, 6.45) is 3.89. The lowest BCUT2D eigenvalue weighted by atomic mass is 10.2. The number of amides is 1. The highest BCUT2D eigenvalue weighted by molar-refractivity contribution is 8.15. The molecular weight excluding hydrogens is 282 g/mol. The molecule has 1 amide bonds. The Kier molecular flexibility index (Phi) is 4.76. The number of rotatable bonds is 4. The van der Waals surface area contributed by atoms with Crippen LogP contribution in [0.25, 0.3) is 0 Å². The molecule has 1 aliphatic rings. The molecule has 0 spiro atoms. The standard InChI is InChI=1S/C13H12ClN3OS/c1-2-5-11-12(18)16-13(19-11)17-15-8-9-6-3-4-7-10(9)14/h2-4,6-8,11H,1,5H2,(H,16,17,18)/b15-8+/t11-/m0/s1. The van der Waals surface area contributed by atoms with Crippen LogP contribution in [0.5, 0.6) is 0 Å². The second-order valence-corrected chi connectivity index (χ2v) is 5.39. The molecule has 4 nitrogen and oxygen atoms in total. The van der Waals surface area contributed by atoms with Crippen molar-refractivity contribution in [1.29, 1.82) is 0 Å². The van der Waals surface area contributed by atoms with E-state index in [1.165, 1.54) is 11.8 Å². The second kappa shape index (κ2) is 6.54. The van der Waals surface area contributed by atoms with Crippen molar-refractivity contribution in [1.82, 2.24) is 5.32 Å². The molecule has 0 saturated carbocycles. The predicted octanol–water partition coefficient (Wildman–Crippen LogP) is 2.84. The number of allylic oxidation sites excluding steroid dienone is 1. The molecule has 0 radical (unpaired) electrons. The summed E-state index contributed by atoms with van der Waals surface area (Å²) in [6.45, 7) is 3.62. The Morgan fingerprint density at radius 2 is 2.26 bits per heavy atom. The number of amidine groups is 1. The van der Waals surface area contributed by atoms with Gasteiger partial charge in [-0.3, -0.25) is 4.79 Å². The maximum atomic E-state index is 11.5.